The molecule has 0 fully saturated rings. The molecule has 0 aliphatic carbocycles. The molecule has 0 aromatic heterocycles. The van der Waals surface area contributed by atoms with Crippen molar-refractivity contribution >= 4 is 33.4 Å². The molecule has 0 spiro atoms. The zero-order chi connectivity index (χ0) is 15.6. The number of halogens is 3. The highest BCUT2D eigenvalue weighted by Crippen LogP contribution is 2.26. The first-order valence-electron chi connectivity index (χ1n) is 6.38. The molecule has 21 heavy (non-hydrogen) atoms. The molecule has 0 unspecified atom stereocenters. The van der Waals surface area contributed by atoms with Gasteiger partial charge in [0.25, 0.3) is 5.91 Å². The summed E-state index contributed by atoms with van der Waals surface area (Å²) in [6.45, 7) is 3.74. The van der Waals surface area contributed by atoms with Crippen molar-refractivity contribution in [2.45, 2.75) is 20.4 Å². The maximum absolute atomic E-state index is 13.6. The van der Waals surface area contributed by atoms with Gasteiger partial charge in [0.2, 0.25) is 0 Å². The van der Waals surface area contributed by atoms with Crippen LogP contribution in [0.5, 0.6) is 0 Å². The van der Waals surface area contributed by atoms with E-state index in [1.54, 1.807) is 44.2 Å². The summed E-state index contributed by atoms with van der Waals surface area (Å²) in [5, 5.41) is 3.17. The molecular formula is C16H14BrClFNO. The van der Waals surface area contributed by atoms with Gasteiger partial charge in [-0.3, -0.25) is 4.79 Å². The smallest absolute Gasteiger partial charge is 0.253 e. The lowest BCUT2D eigenvalue weighted by Gasteiger charge is -2.10. The monoisotopic (exact) mass is 369 g/mol. The van der Waals surface area contributed by atoms with E-state index in [0.29, 0.717) is 32.7 Å². The van der Waals surface area contributed by atoms with Crippen molar-refractivity contribution in [2.75, 3.05) is 0 Å². The molecule has 2 aromatic carbocycles. The van der Waals surface area contributed by atoms with Gasteiger partial charge in [-0.15, -0.1) is 0 Å². The lowest BCUT2D eigenvalue weighted by atomic mass is 10.1. The standard InChI is InChI=1S/C16H14BrClFNO/c1-9-6-11(7-10(2)15(9)19)8-20-16(21)12-4-3-5-13(17)14(12)18/h3-7H,8H2,1-2H3,(H,20,21). The second kappa shape index (κ2) is 6.58. The molecule has 0 aliphatic rings. The second-order valence-corrected chi connectivity index (χ2v) is 6.06. The fraction of sp³-hybridized carbons (Fsp3) is 0.188. The van der Waals surface area contributed by atoms with E-state index in [9.17, 15) is 9.18 Å². The lowest BCUT2D eigenvalue weighted by Crippen LogP contribution is -2.23. The topological polar surface area (TPSA) is 29.1 Å². The molecule has 0 saturated heterocycles. The molecule has 2 aromatic rings. The van der Waals surface area contributed by atoms with Gasteiger partial charge in [-0.05, 0) is 58.6 Å². The fourth-order valence-corrected chi connectivity index (χ4v) is 2.67. The van der Waals surface area contributed by atoms with Crippen molar-refractivity contribution in [1.82, 2.24) is 5.32 Å². The molecule has 1 N–H and O–H groups in total. The van der Waals surface area contributed by atoms with Gasteiger partial charge in [0.05, 0.1) is 10.6 Å². The Labute approximate surface area is 136 Å². The van der Waals surface area contributed by atoms with Crippen LogP contribution in [0.4, 0.5) is 4.39 Å². The van der Waals surface area contributed by atoms with Crippen molar-refractivity contribution in [3.63, 3.8) is 0 Å². The third kappa shape index (κ3) is 3.63. The largest absolute Gasteiger partial charge is 0.348 e. The van der Waals surface area contributed by atoms with Gasteiger partial charge in [-0.1, -0.05) is 29.8 Å². The minimum absolute atomic E-state index is 0.208. The molecule has 5 heteroatoms. The highest BCUT2D eigenvalue weighted by atomic mass is 79.9. The van der Waals surface area contributed by atoms with Crippen LogP contribution in [0, 0.1) is 19.7 Å². The summed E-state index contributed by atoms with van der Waals surface area (Å²) >= 11 is 9.37. The van der Waals surface area contributed by atoms with Crippen LogP contribution < -0.4 is 5.32 Å². The Morgan fingerprint density at radius 3 is 2.52 bits per heavy atom. The van der Waals surface area contributed by atoms with Crippen LogP contribution in [-0.2, 0) is 6.54 Å². The van der Waals surface area contributed by atoms with E-state index in [0.717, 1.165) is 5.56 Å². The normalized spacial score (nSPS) is 10.5. The molecule has 2 nitrogen and oxygen atoms in total. The van der Waals surface area contributed by atoms with Crippen molar-refractivity contribution in [1.29, 1.82) is 0 Å². The Balaban J connectivity index is 2.13. The maximum atomic E-state index is 13.6. The minimum Gasteiger partial charge on any atom is -0.348 e. The van der Waals surface area contributed by atoms with Crippen molar-refractivity contribution < 1.29 is 9.18 Å². The Bertz CT molecular complexity index is 680. The van der Waals surface area contributed by atoms with Gasteiger partial charge < -0.3 is 5.32 Å². The van der Waals surface area contributed by atoms with E-state index in [4.69, 9.17) is 11.6 Å². The molecule has 2 rings (SSSR count). The average Bonchev–Trinajstić information content (AvgIpc) is 2.45. The second-order valence-electron chi connectivity index (χ2n) is 4.83. The lowest BCUT2D eigenvalue weighted by molar-refractivity contribution is 0.0951. The summed E-state index contributed by atoms with van der Waals surface area (Å²) in [4.78, 5) is 12.1. The molecule has 0 saturated carbocycles. The Kier molecular flexibility index (Phi) is 5.01. The SMILES string of the molecule is Cc1cc(CNC(=O)c2cccc(Br)c2Cl)cc(C)c1F. The number of carbonyl (C=O) groups excluding carboxylic acids is 1. The molecule has 0 radical (unpaired) electrons. The van der Waals surface area contributed by atoms with Crippen LogP contribution in [0.1, 0.15) is 27.0 Å². The summed E-state index contributed by atoms with van der Waals surface area (Å²) in [7, 11) is 0. The van der Waals surface area contributed by atoms with Gasteiger partial charge >= 0.3 is 0 Å². The molecule has 0 aliphatic heterocycles. The van der Waals surface area contributed by atoms with E-state index in [1.807, 2.05) is 0 Å². The molecule has 1 amide bonds. The maximum Gasteiger partial charge on any atom is 0.253 e. The average molecular weight is 371 g/mol. The Hall–Kier alpha value is -1.39. The molecule has 0 heterocycles. The first-order valence-corrected chi connectivity index (χ1v) is 7.55. The summed E-state index contributed by atoms with van der Waals surface area (Å²) < 4.78 is 14.2. The van der Waals surface area contributed by atoms with E-state index in [2.05, 4.69) is 21.2 Å². The Morgan fingerprint density at radius 2 is 1.90 bits per heavy atom. The van der Waals surface area contributed by atoms with Crippen molar-refractivity contribution in [2.24, 2.45) is 0 Å². The molecule has 110 valence electrons. The van der Waals surface area contributed by atoms with E-state index >= 15 is 0 Å². The number of nitrogens with one attached hydrogen (secondary N) is 1. The van der Waals surface area contributed by atoms with Crippen LogP contribution in [0.15, 0.2) is 34.8 Å². The van der Waals surface area contributed by atoms with Gasteiger partial charge in [-0.25, -0.2) is 4.39 Å². The first-order chi connectivity index (χ1) is 9.90. The van der Waals surface area contributed by atoms with E-state index < -0.39 is 0 Å². The number of hydrogen-bond donors (Lipinski definition) is 1. The van der Waals surface area contributed by atoms with Crippen LogP contribution in [-0.4, -0.2) is 5.91 Å². The first kappa shape index (κ1) is 16.0. The quantitative estimate of drug-likeness (QED) is 0.827. The molecule has 0 bridgehead atoms. The number of hydrogen-bond acceptors (Lipinski definition) is 1. The highest BCUT2D eigenvalue weighted by molar-refractivity contribution is 9.10. The van der Waals surface area contributed by atoms with Crippen LogP contribution >= 0.6 is 27.5 Å². The predicted octanol–water partition coefficient (Wildman–Crippen LogP) is 4.79. The van der Waals surface area contributed by atoms with Crippen LogP contribution in [0.25, 0.3) is 0 Å². The number of aryl methyl sites for hydroxylation is 2. The summed E-state index contributed by atoms with van der Waals surface area (Å²) in [5.41, 5.74) is 2.40. The number of carbonyl (C=O) groups is 1. The molecule has 0 atom stereocenters. The summed E-state index contributed by atoms with van der Waals surface area (Å²) in [5.74, 6) is -0.471. The predicted molar refractivity (Wildman–Crippen MR) is 86.2 cm³/mol. The number of amides is 1. The molecular weight excluding hydrogens is 357 g/mol. The fourth-order valence-electron chi connectivity index (χ4n) is 2.09. The van der Waals surface area contributed by atoms with E-state index in [1.165, 1.54) is 0 Å². The third-order valence-corrected chi connectivity index (χ3v) is 4.44. The van der Waals surface area contributed by atoms with Gasteiger partial charge in [-0.2, -0.15) is 0 Å². The zero-order valence-corrected chi connectivity index (χ0v) is 14.0. The van der Waals surface area contributed by atoms with Crippen molar-refractivity contribution in [3.8, 4) is 0 Å². The summed E-state index contributed by atoms with van der Waals surface area (Å²) in [6.07, 6.45) is 0. The van der Waals surface area contributed by atoms with Gasteiger partial charge in [0, 0.05) is 11.0 Å². The van der Waals surface area contributed by atoms with Gasteiger partial charge in [0.1, 0.15) is 5.82 Å². The highest BCUT2D eigenvalue weighted by Gasteiger charge is 2.12. The third-order valence-electron chi connectivity index (χ3n) is 3.15. The number of benzene rings is 2. The van der Waals surface area contributed by atoms with E-state index in [-0.39, 0.29) is 11.7 Å². The van der Waals surface area contributed by atoms with Crippen molar-refractivity contribution in [3.05, 3.63) is 67.9 Å². The summed E-state index contributed by atoms with van der Waals surface area (Å²) in [6, 6.07) is 8.63. The van der Waals surface area contributed by atoms with Gasteiger partial charge in [0.15, 0.2) is 0 Å². The zero-order valence-electron chi connectivity index (χ0n) is 11.6. The van der Waals surface area contributed by atoms with Crippen LogP contribution in [0.2, 0.25) is 5.02 Å². The number of rotatable bonds is 3. The van der Waals surface area contributed by atoms with Crippen LogP contribution in [0.3, 0.4) is 0 Å². The minimum atomic E-state index is -0.263. The Morgan fingerprint density at radius 1 is 1.29 bits per heavy atom.